The number of hydrogen-bond acceptors (Lipinski definition) is 4. The fourth-order valence-electron chi connectivity index (χ4n) is 1.10. The molecule has 92 valence electrons. The van der Waals surface area contributed by atoms with Crippen LogP contribution in [0.3, 0.4) is 0 Å². The zero-order valence-electron chi connectivity index (χ0n) is 8.90. The van der Waals surface area contributed by atoms with Crippen LogP contribution in [0.1, 0.15) is 10.4 Å². The van der Waals surface area contributed by atoms with Crippen molar-refractivity contribution < 1.29 is 14.3 Å². The number of nitrogens with one attached hydrogen (secondary N) is 1. The molecule has 0 bridgehead atoms. The van der Waals surface area contributed by atoms with Crippen LogP contribution in [0.5, 0.6) is 0 Å². The molecule has 0 saturated carbocycles. The van der Waals surface area contributed by atoms with Gasteiger partial charge in [0.2, 0.25) is 0 Å². The van der Waals surface area contributed by atoms with E-state index in [1.165, 1.54) is 0 Å². The summed E-state index contributed by atoms with van der Waals surface area (Å²) in [5, 5.41) is 2.56. The monoisotopic (exact) mass is 301 g/mol. The number of halogens is 1. The number of ether oxygens (including phenoxy) is 1. The second-order valence-electron chi connectivity index (χ2n) is 3.16. The van der Waals surface area contributed by atoms with Gasteiger partial charge in [-0.15, -0.1) is 0 Å². The summed E-state index contributed by atoms with van der Waals surface area (Å²) in [4.78, 5) is 21.9. The van der Waals surface area contributed by atoms with Gasteiger partial charge in [0.1, 0.15) is 6.61 Å². The third-order valence-corrected chi connectivity index (χ3v) is 2.61. The van der Waals surface area contributed by atoms with Crippen molar-refractivity contribution in [1.82, 2.24) is 5.32 Å². The zero-order valence-corrected chi connectivity index (χ0v) is 10.5. The van der Waals surface area contributed by atoms with Crippen LogP contribution < -0.4 is 16.8 Å². The van der Waals surface area contributed by atoms with Crippen LogP contribution in [0.25, 0.3) is 0 Å². The summed E-state index contributed by atoms with van der Waals surface area (Å²) in [6.07, 6.45) is -0.868. The topological polar surface area (TPSA) is 107 Å². The Labute approximate surface area is 106 Å². The van der Waals surface area contributed by atoms with Crippen LogP contribution in [0.2, 0.25) is 0 Å². The fraction of sp³-hybridized carbons (Fsp3) is 0.200. The predicted octanol–water partition coefficient (Wildman–Crippen LogP) is 0.856. The number of carbonyl (C=O) groups excluding carboxylic acids is 2. The molecule has 0 fully saturated rings. The number of carbonyl (C=O) groups is 2. The number of nitrogens with two attached hydrogens (primary N) is 2. The van der Waals surface area contributed by atoms with Crippen LogP contribution >= 0.6 is 15.9 Å². The van der Waals surface area contributed by atoms with Gasteiger partial charge in [-0.05, 0) is 34.1 Å². The predicted molar refractivity (Wildman–Crippen MR) is 66.4 cm³/mol. The quantitative estimate of drug-likeness (QED) is 0.566. The number of nitrogen functional groups attached to an aromatic ring is 1. The summed E-state index contributed by atoms with van der Waals surface area (Å²) >= 11 is 3.23. The van der Waals surface area contributed by atoms with Gasteiger partial charge < -0.3 is 21.5 Å². The lowest BCUT2D eigenvalue weighted by atomic mass is 10.2. The molecule has 1 aromatic carbocycles. The molecule has 0 atom stereocenters. The Morgan fingerprint density at radius 1 is 1.41 bits per heavy atom. The SMILES string of the molecule is NC(=O)OCCNC(=O)c1ccc(Br)c(N)c1. The highest BCUT2D eigenvalue weighted by Gasteiger charge is 2.06. The van der Waals surface area contributed by atoms with E-state index in [1.54, 1.807) is 18.2 Å². The summed E-state index contributed by atoms with van der Waals surface area (Å²) in [7, 11) is 0. The van der Waals surface area contributed by atoms with Crippen molar-refractivity contribution >= 4 is 33.6 Å². The van der Waals surface area contributed by atoms with Gasteiger partial charge in [-0.1, -0.05) is 0 Å². The highest BCUT2D eigenvalue weighted by Crippen LogP contribution is 2.19. The lowest BCUT2D eigenvalue weighted by Crippen LogP contribution is -2.29. The van der Waals surface area contributed by atoms with Gasteiger partial charge in [-0.2, -0.15) is 0 Å². The lowest BCUT2D eigenvalue weighted by Gasteiger charge is -2.06. The van der Waals surface area contributed by atoms with Gasteiger partial charge in [-0.25, -0.2) is 4.79 Å². The molecule has 0 unspecified atom stereocenters. The van der Waals surface area contributed by atoms with Gasteiger partial charge in [0.15, 0.2) is 0 Å². The molecular formula is C10H12BrN3O3. The molecule has 0 heterocycles. The van der Waals surface area contributed by atoms with Crippen LogP contribution in [0.15, 0.2) is 22.7 Å². The average Bonchev–Trinajstić information content (AvgIpc) is 2.27. The summed E-state index contributed by atoms with van der Waals surface area (Å²) in [5.41, 5.74) is 11.3. The molecular weight excluding hydrogens is 290 g/mol. The van der Waals surface area contributed by atoms with E-state index in [9.17, 15) is 9.59 Å². The summed E-state index contributed by atoms with van der Waals surface area (Å²) in [6.45, 7) is 0.227. The summed E-state index contributed by atoms with van der Waals surface area (Å²) < 4.78 is 5.19. The van der Waals surface area contributed by atoms with E-state index >= 15 is 0 Å². The second kappa shape index (κ2) is 6.09. The molecule has 1 rings (SSSR count). The standard InChI is InChI=1S/C10H12BrN3O3/c11-7-2-1-6(5-8(7)12)9(15)14-3-4-17-10(13)16/h1-2,5H,3-4,12H2,(H2,13,16)(H,14,15). The van der Waals surface area contributed by atoms with E-state index in [2.05, 4.69) is 26.0 Å². The zero-order chi connectivity index (χ0) is 12.8. The first-order chi connectivity index (χ1) is 8.00. The third-order valence-electron chi connectivity index (χ3n) is 1.89. The van der Waals surface area contributed by atoms with Gasteiger partial charge in [0.05, 0.1) is 6.54 Å². The lowest BCUT2D eigenvalue weighted by molar-refractivity contribution is 0.0937. The molecule has 0 aliphatic heterocycles. The molecule has 0 aromatic heterocycles. The average molecular weight is 302 g/mol. The van der Waals surface area contributed by atoms with Crippen LogP contribution in [0.4, 0.5) is 10.5 Å². The van der Waals surface area contributed by atoms with E-state index in [0.717, 1.165) is 4.47 Å². The van der Waals surface area contributed by atoms with Crippen molar-refractivity contribution in [3.8, 4) is 0 Å². The molecule has 7 heteroatoms. The minimum Gasteiger partial charge on any atom is -0.448 e. The van der Waals surface area contributed by atoms with Crippen molar-refractivity contribution in [2.45, 2.75) is 0 Å². The first-order valence-corrected chi connectivity index (χ1v) is 5.55. The number of primary amides is 1. The maximum Gasteiger partial charge on any atom is 0.404 e. The molecule has 1 aromatic rings. The van der Waals surface area contributed by atoms with Gasteiger partial charge in [0, 0.05) is 15.7 Å². The van der Waals surface area contributed by atoms with E-state index < -0.39 is 6.09 Å². The normalized spacial score (nSPS) is 9.71. The second-order valence-corrected chi connectivity index (χ2v) is 4.01. The minimum atomic E-state index is -0.868. The van der Waals surface area contributed by atoms with E-state index in [-0.39, 0.29) is 19.1 Å². The summed E-state index contributed by atoms with van der Waals surface area (Å²) in [5.74, 6) is -0.294. The van der Waals surface area contributed by atoms with Gasteiger partial charge in [-0.3, -0.25) is 4.79 Å². The Morgan fingerprint density at radius 2 is 2.12 bits per heavy atom. The summed E-state index contributed by atoms with van der Waals surface area (Å²) in [6, 6.07) is 4.86. The van der Waals surface area contributed by atoms with Crippen LogP contribution in [0, 0.1) is 0 Å². The van der Waals surface area contributed by atoms with Crippen LogP contribution in [-0.2, 0) is 4.74 Å². The Bertz CT molecular complexity index is 437. The fourth-order valence-corrected chi connectivity index (χ4v) is 1.35. The number of rotatable bonds is 4. The number of anilines is 1. The first-order valence-electron chi connectivity index (χ1n) is 4.76. The number of hydrogen-bond donors (Lipinski definition) is 3. The molecule has 0 saturated heterocycles. The highest BCUT2D eigenvalue weighted by atomic mass is 79.9. The Kier molecular flexibility index (Phi) is 4.77. The maximum absolute atomic E-state index is 11.6. The number of amides is 2. The molecule has 0 radical (unpaired) electrons. The smallest absolute Gasteiger partial charge is 0.404 e. The van der Waals surface area contributed by atoms with Crippen molar-refractivity contribution in [3.63, 3.8) is 0 Å². The maximum atomic E-state index is 11.6. The molecule has 0 spiro atoms. The third kappa shape index (κ3) is 4.31. The van der Waals surface area contributed by atoms with Gasteiger partial charge >= 0.3 is 6.09 Å². The van der Waals surface area contributed by atoms with E-state index in [4.69, 9.17) is 11.5 Å². The minimum absolute atomic E-state index is 0.0348. The molecule has 2 amide bonds. The van der Waals surface area contributed by atoms with E-state index in [1.807, 2.05) is 0 Å². The Balaban J connectivity index is 2.47. The highest BCUT2D eigenvalue weighted by molar-refractivity contribution is 9.10. The molecule has 6 nitrogen and oxygen atoms in total. The largest absolute Gasteiger partial charge is 0.448 e. The molecule has 0 aliphatic carbocycles. The van der Waals surface area contributed by atoms with Crippen molar-refractivity contribution in [2.24, 2.45) is 5.73 Å². The van der Waals surface area contributed by atoms with Crippen molar-refractivity contribution in [1.29, 1.82) is 0 Å². The molecule has 17 heavy (non-hydrogen) atoms. The van der Waals surface area contributed by atoms with Crippen molar-refractivity contribution in [3.05, 3.63) is 28.2 Å². The van der Waals surface area contributed by atoms with Crippen molar-refractivity contribution in [2.75, 3.05) is 18.9 Å². The Morgan fingerprint density at radius 3 is 2.71 bits per heavy atom. The van der Waals surface area contributed by atoms with Gasteiger partial charge in [0.25, 0.3) is 5.91 Å². The number of benzene rings is 1. The Hall–Kier alpha value is -1.76. The van der Waals surface area contributed by atoms with E-state index in [0.29, 0.717) is 11.3 Å². The molecule has 5 N–H and O–H groups in total. The molecule has 0 aliphatic rings. The van der Waals surface area contributed by atoms with Crippen LogP contribution in [-0.4, -0.2) is 25.2 Å². The first kappa shape index (κ1) is 13.3.